The van der Waals surface area contributed by atoms with Gasteiger partial charge in [-0.1, -0.05) is 12.1 Å². The van der Waals surface area contributed by atoms with Gasteiger partial charge in [-0.05, 0) is 38.5 Å². The highest BCUT2D eigenvalue weighted by Crippen LogP contribution is 2.16. The van der Waals surface area contributed by atoms with Crippen molar-refractivity contribution in [2.45, 2.75) is 33.4 Å². The molecule has 1 unspecified atom stereocenters. The Hall–Kier alpha value is -1.43. The van der Waals surface area contributed by atoms with Crippen LogP contribution in [0.15, 0.2) is 24.3 Å². The zero-order valence-corrected chi connectivity index (χ0v) is 13.5. The SMILES string of the molecule is Cc1cccc(OCC(O)CNCc2sc(C)nc2C)c1. The van der Waals surface area contributed by atoms with Gasteiger partial charge in [0.2, 0.25) is 0 Å². The maximum Gasteiger partial charge on any atom is 0.119 e. The van der Waals surface area contributed by atoms with Crippen LogP contribution in [0.1, 0.15) is 21.1 Å². The Morgan fingerprint density at radius 1 is 1.33 bits per heavy atom. The first-order valence-corrected chi connectivity index (χ1v) is 7.87. The summed E-state index contributed by atoms with van der Waals surface area (Å²) >= 11 is 1.69. The van der Waals surface area contributed by atoms with Crippen molar-refractivity contribution in [3.05, 3.63) is 45.4 Å². The van der Waals surface area contributed by atoms with Crippen molar-refractivity contribution < 1.29 is 9.84 Å². The molecule has 0 amide bonds. The lowest BCUT2D eigenvalue weighted by atomic mass is 10.2. The highest BCUT2D eigenvalue weighted by atomic mass is 32.1. The fourth-order valence-electron chi connectivity index (χ4n) is 2.05. The van der Waals surface area contributed by atoms with E-state index in [1.165, 1.54) is 4.88 Å². The van der Waals surface area contributed by atoms with Crippen LogP contribution in [0.25, 0.3) is 0 Å². The van der Waals surface area contributed by atoms with E-state index in [1.807, 2.05) is 45.0 Å². The fraction of sp³-hybridized carbons (Fsp3) is 0.438. The summed E-state index contributed by atoms with van der Waals surface area (Å²) in [5.41, 5.74) is 2.21. The maximum absolute atomic E-state index is 9.93. The topological polar surface area (TPSA) is 54.4 Å². The van der Waals surface area contributed by atoms with Crippen LogP contribution in [0.3, 0.4) is 0 Å². The monoisotopic (exact) mass is 306 g/mol. The van der Waals surface area contributed by atoms with Crippen LogP contribution in [0, 0.1) is 20.8 Å². The highest BCUT2D eigenvalue weighted by Gasteiger charge is 2.08. The third-order valence-corrected chi connectivity index (χ3v) is 4.17. The molecule has 2 aromatic rings. The summed E-state index contributed by atoms with van der Waals surface area (Å²) in [4.78, 5) is 5.61. The van der Waals surface area contributed by atoms with Gasteiger partial charge < -0.3 is 15.2 Å². The van der Waals surface area contributed by atoms with Crippen molar-refractivity contribution in [3.8, 4) is 5.75 Å². The summed E-state index contributed by atoms with van der Waals surface area (Å²) in [6.07, 6.45) is -0.528. The molecule has 1 heterocycles. The molecule has 0 fully saturated rings. The lowest BCUT2D eigenvalue weighted by Crippen LogP contribution is -2.31. The summed E-state index contributed by atoms with van der Waals surface area (Å²) < 4.78 is 5.58. The lowest BCUT2D eigenvalue weighted by Gasteiger charge is -2.13. The summed E-state index contributed by atoms with van der Waals surface area (Å²) in [5.74, 6) is 0.794. The molecule has 0 radical (unpaired) electrons. The Morgan fingerprint density at radius 3 is 2.81 bits per heavy atom. The van der Waals surface area contributed by atoms with E-state index >= 15 is 0 Å². The number of rotatable bonds is 7. The van der Waals surface area contributed by atoms with E-state index in [1.54, 1.807) is 11.3 Å². The fourth-order valence-corrected chi connectivity index (χ4v) is 2.95. The number of aryl methyl sites for hydroxylation is 3. The second-order valence-electron chi connectivity index (χ2n) is 5.15. The van der Waals surface area contributed by atoms with Crippen LogP contribution >= 0.6 is 11.3 Å². The number of benzene rings is 1. The molecule has 0 aliphatic heterocycles. The minimum Gasteiger partial charge on any atom is -0.491 e. The molecule has 1 aromatic heterocycles. The maximum atomic E-state index is 9.93. The van der Waals surface area contributed by atoms with Gasteiger partial charge in [0.25, 0.3) is 0 Å². The zero-order valence-electron chi connectivity index (χ0n) is 12.7. The number of aromatic nitrogens is 1. The number of nitrogens with one attached hydrogen (secondary N) is 1. The van der Waals surface area contributed by atoms with Crippen molar-refractivity contribution >= 4 is 11.3 Å². The predicted octanol–water partition coefficient (Wildman–Crippen LogP) is 2.60. The smallest absolute Gasteiger partial charge is 0.119 e. The number of nitrogens with zero attached hydrogens (tertiary/aromatic N) is 1. The van der Waals surface area contributed by atoms with Crippen molar-refractivity contribution in [2.24, 2.45) is 0 Å². The molecule has 2 rings (SSSR count). The molecular formula is C16H22N2O2S. The Kier molecular flexibility index (Phi) is 5.73. The second kappa shape index (κ2) is 7.54. The molecule has 0 saturated heterocycles. The van der Waals surface area contributed by atoms with Gasteiger partial charge in [-0.25, -0.2) is 4.98 Å². The summed E-state index contributed by atoms with van der Waals surface area (Å²) in [5, 5.41) is 14.3. The van der Waals surface area contributed by atoms with Crippen molar-refractivity contribution in [2.75, 3.05) is 13.2 Å². The van der Waals surface area contributed by atoms with Crippen LogP contribution < -0.4 is 10.1 Å². The van der Waals surface area contributed by atoms with E-state index in [-0.39, 0.29) is 6.61 Å². The van der Waals surface area contributed by atoms with Crippen molar-refractivity contribution in [3.63, 3.8) is 0 Å². The molecule has 2 N–H and O–H groups in total. The van der Waals surface area contributed by atoms with E-state index in [9.17, 15) is 5.11 Å². The molecule has 114 valence electrons. The molecule has 21 heavy (non-hydrogen) atoms. The van der Waals surface area contributed by atoms with Gasteiger partial charge in [0.1, 0.15) is 18.5 Å². The van der Waals surface area contributed by atoms with E-state index in [2.05, 4.69) is 10.3 Å². The van der Waals surface area contributed by atoms with Crippen LogP contribution in [0.4, 0.5) is 0 Å². The highest BCUT2D eigenvalue weighted by molar-refractivity contribution is 7.11. The first-order chi connectivity index (χ1) is 10.0. The average Bonchev–Trinajstić information content (AvgIpc) is 2.75. The third-order valence-electron chi connectivity index (χ3n) is 3.10. The lowest BCUT2D eigenvalue weighted by molar-refractivity contribution is 0.106. The molecular weight excluding hydrogens is 284 g/mol. The quantitative estimate of drug-likeness (QED) is 0.825. The zero-order chi connectivity index (χ0) is 15.2. The van der Waals surface area contributed by atoms with Crippen molar-refractivity contribution in [1.29, 1.82) is 0 Å². The first kappa shape index (κ1) is 15.9. The number of thiazole rings is 1. The third kappa shape index (κ3) is 5.12. The normalized spacial score (nSPS) is 12.4. The Labute approximate surface area is 129 Å². The van der Waals surface area contributed by atoms with Gasteiger partial charge in [-0.15, -0.1) is 11.3 Å². The van der Waals surface area contributed by atoms with Gasteiger partial charge in [0, 0.05) is 18.0 Å². The van der Waals surface area contributed by atoms with E-state index in [0.29, 0.717) is 6.54 Å². The Bertz CT molecular complexity index is 583. The first-order valence-electron chi connectivity index (χ1n) is 7.05. The van der Waals surface area contributed by atoms with E-state index in [4.69, 9.17) is 4.74 Å². The minimum atomic E-state index is -0.528. The van der Waals surface area contributed by atoms with Gasteiger partial charge >= 0.3 is 0 Å². The average molecular weight is 306 g/mol. The number of aliphatic hydroxyl groups excluding tert-OH is 1. The van der Waals surface area contributed by atoms with Gasteiger partial charge in [-0.2, -0.15) is 0 Å². The number of hydrogen-bond acceptors (Lipinski definition) is 5. The second-order valence-corrected chi connectivity index (χ2v) is 6.44. The van der Waals surface area contributed by atoms with Gasteiger partial charge in [0.15, 0.2) is 0 Å². The van der Waals surface area contributed by atoms with Crippen LogP contribution in [-0.4, -0.2) is 29.3 Å². The number of aliphatic hydroxyl groups is 1. The molecule has 0 bridgehead atoms. The van der Waals surface area contributed by atoms with Crippen LogP contribution in [-0.2, 0) is 6.54 Å². The molecule has 4 nitrogen and oxygen atoms in total. The molecule has 0 aliphatic rings. The summed E-state index contributed by atoms with van der Waals surface area (Å²) in [6, 6.07) is 7.83. The molecule has 0 saturated carbocycles. The van der Waals surface area contributed by atoms with Gasteiger partial charge in [-0.3, -0.25) is 0 Å². The molecule has 1 atom stereocenters. The summed E-state index contributed by atoms with van der Waals surface area (Å²) in [7, 11) is 0. The van der Waals surface area contributed by atoms with Crippen molar-refractivity contribution in [1.82, 2.24) is 10.3 Å². The van der Waals surface area contributed by atoms with E-state index < -0.39 is 6.10 Å². The van der Waals surface area contributed by atoms with Crippen LogP contribution in [0.5, 0.6) is 5.75 Å². The van der Waals surface area contributed by atoms with E-state index in [0.717, 1.165) is 28.6 Å². The number of hydrogen-bond donors (Lipinski definition) is 2. The molecule has 0 spiro atoms. The molecule has 1 aromatic carbocycles. The Morgan fingerprint density at radius 2 is 2.14 bits per heavy atom. The standard InChI is InChI=1S/C16H22N2O2S/c1-11-5-4-6-15(7-11)20-10-14(19)8-17-9-16-12(2)18-13(3)21-16/h4-7,14,17,19H,8-10H2,1-3H3. The predicted molar refractivity (Wildman–Crippen MR) is 86.0 cm³/mol. The Balaban J connectivity index is 1.70. The molecule has 5 heteroatoms. The summed E-state index contributed by atoms with van der Waals surface area (Å²) in [6.45, 7) is 7.56. The number of ether oxygens (including phenoxy) is 1. The van der Waals surface area contributed by atoms with Crippen LogP contribution in [0.2, 0.25) is 0 Å². The largest absolute Gasteiger partial charge is 0.491 e. The molecule has 0 aliphatic carbocycles. The minimum absolute atomic E-state index is 0.289. The van der Waals surface area contributed by atoms with Gasteiger partial charge in [0.05, 0.1) is 10.7 Å².